The van der Waals surface area contributed by atoms with Gasteiger partial charge in [-0.2, -0.15) is 5.10 Å². The summed E-state index contributed by atoms with van der Waals surface area (Å²) in [4.78, 5) is 18.7. The minimum Gasteiger partial charge on any atom is -0.342 e. The largest absolute Gasteiger partial charge is 0.342 e. The summed E-state index contributed by atoms with van der Waals surface area (Å²) >= 11 is 0. The summed E-state index contributed by atoms with van der Waals surface area (Å²) in [5.74, 6) is 2.18. The van der Waals surface area contributed by atoms with E-state index in [-0.39, 0.29) is 11.8 Å². The predicted molar refractivity (Wildman–Crippen MR) is 98.8 cm³/mol. The number of pyridine rings is 1. The summed E-state index contributed by atoms with van der Waals surface area (Å²) < 4.78 is 3.88. The zero-order valence-electron chi connectivity index (χ0n) is 15.4. The molecule has 0 bridgehead atoms. The summed E-state index contributed by atoms with van der Waals surface area (Å²) in [7, 11) is 1.99. The smallest absolute Gasteiger partial charge is 0.227 e. The van der Waals surface area contributed by atoms with Crippen molar-refractivity contribution >= 4 is 5.91 Å². The highest BCUT2D eigenvalue weighted by Crippen LogP contribution is 2.26. The molecule has 4 rings (SSSR count). The summed E-state index contributed by atoms with van der Waals surface area (Å²) in [6.45, 7) is 2.09. The Kier molecular flexibility index (Phi) is 4.95. The van der Waals surface area contributed by atoms with Crippen molar-refractivity contribution in [1.82, 2.24) is 34.4 Å². The van der Waals surface area contributed by atoms with Gasteiger partial charge in [0.15, 0.2) is 5.82 Å². The van der Waals surface area contributed by atoms with E-state index in [0.29, 0.717) is 19.5 Å². The van der Waals surface area contributed by atoms with Crippen molar-refractivity contribution in [3.05, 3.63) is 60.2 Å². The van der Waals surface area contributed by atoms with Crippen LogP contribution in [0.1, 0.15) is 36.0 Å². The molecule has 1 amide bonds. The second kappa shape index (κ2) is 7.69. The third-order valence-electron chi connectivity index (χ3n) is 5.11. The Morgan fingerprint density at radius 2 is 2.07 bits per heavy atom. The number of aromatic nitrogens is 6. The summed E-state index contributed by atoms with van der Waals surface area (Å²) in [5, 5.41) is 13.0. The lowest BCUT2D eigenvalue weighted by Gasteiger charge is -2.32. The molecule has 1 saturated heterocycles. The van der Waals surface area contributed by atoms with Gasteiger partial charge in [0.05, 0.1) is 6.42 Å². The van der Waals surface area contributed by atoms with Crippen LogP contribution in [-0.2, 0) is 24.8 Å². The number of nitrogens with zero attached hydrogens (tertiary/aromatic N) is 7. The van der Waals surface area contributed by atoms with Gasteiger partial charge in [0.2, 0.25) is 5.91 Å². The summed E-state index contributed by atoms with van der Waals surface area (Å²) in [5.41, 5.74) is 0.997. The van der Waals surface area contributed by atoms with Crippen molar-refractivity contribution in [2.24, 2.45) is 7.05 Å². The van der Waals surface area contributed by atoms with Gasteiger partial charge in [-0.05, 0) is 36.6 Å². The molecule has 0 aromatic carbocycles. The van der Waals surface area contributed by atoms with Crippen molar-refractivity contribution < 1.29 is 4.79 Å². The molecule has 0 N–H and O–H groups in total. The molecular formula is C19H23N7O. The third-order valence-corrected chi connectivity index (χ3v) is 5.11. The molecule has 0 radical (unpaired) electrons. The van der Waals surface area contributed by atoms with Crippen molar-refractivity contribution in [1.29, 1.82) is 0 Å². The van der Waals surface area contributed by atoms with E-state index < -0.39 is 0 Å². The molecule has 27 heavy (non-hydrogen) atoms. The van der Waals surface area contributed by atoms with E-state index in [4.69, 9.17) is 0 Å². The fourth-order valence-electron chi connectivity index (χ4n) is 3.61. The van der Waals surface area contributed by atoms with Gasteiger partial charge < -0.3 is 9.47 Å². The van der Waals surface area contributed by atoms with Gasteiger partial charge in [0.25, 0.3) is 0 Å². The van der Waals surface area contributed by atoms with Crippen LogP contribution in [0.5, 0.6) is 0 Å². The Morgan fingerprint density at radius 1 is 1.22 bits per heavy atom. The third kappa shape index (κ3) is 3.89. The van der Waals surface area contributed by atoms with Crippen LogP contribution in [0, 0.1) is 0 Å². The number of piperidine rings is 1. The van der Waals surface area contributed by atoms with E-state index in [1.54, 1.807) is 18.6 Å². The fourth-order valence-corrected chi connectivity index (χ4v) is 3.61. The van der Waals surface area contributed by atoms with E-state index in [0.717, 1.165) is 36.6 Å². The number of carbonyl (C=O) groups excluding carboxylic acids is 1. The first-order valence-corrected chi connectivity index (χ1v) is 9.23. The molecule has 1 aliphatic heterocycles. The van der Waals surface area contributed by atoms with E-state index in [9.17, 15) is 4.79 Å². The van der Waals surface area contributed by atoms with E-state index in [2.05, 4.69) is 20.3 Å². The zero-order chi connectivity index (χ0) is 18.6. The molecular weight excluding hydrogens is 342 g/mol. The van der Waals surface area contributed by atoms with Gasteiger partial charge >= 0.3 is 0 Å². The Bertz CT molecular complexity index is 888. The van der Waals surface area contributed by atoms with Crippen LogP contribution in [-0.4, -0.2) is 53.4 Å². The Balaban J connectivity index is 1.44. The van der Waals surface area contributed by atoms with Crippen LogP contribution in [0.3, 0.4) is 0 Å². The van der Waals surface area contributed by atoms with E-state index in [1.807, 2.05) is 45.6 Å². The normalized spacial score (nSPS) is 17.2. The second-order valence-electron chi connectivity index (χ2n) is 6.95. The lowest BCUT2D eigenvalue weighted by Crippen LogP contribution is -2.40. The van der Waals surface area contributed by atoms with E-state index in [1.165, 1.54) is 0 Å². The molecule has 1 aliphatic rings. The van der Waals surface area contributed by atoms with Crippen molar-refractivity contribution in [2.75, 3.05) is 13.1 Å². The minimum absolute atomic E-state index is 0.157. The Hall–Kier alpha value is -3.03. The average molecular weight is 365 g/mol. The Labute approximate surface area is 157 Å². The molecule has 4 heterocycles. The number of hydrogen-bond acceptors (Lipinski definition) is 5. The van der Waals surface area contributed by atoms with Crippen LogP contribution in [0.2, 0.25) is 0 Å². The molecule has 1 fully saturated rings. The van der Waals surface area contributed by atoms with Gasteiger partial charge in [-0.1, -0.05) is 0 Å². The first-order chi connectivity index (χ1) is 13.2. The van der Waals surface area contributed by atoms with Crippen LogP contribution in [0.4, 0.5) is 0 Å². The average Bonchev–Trinajstić information content (AvgIpc) is 3.33. The van der Waals surface area contributed by atoms with Crippen molar-refractivity contribution in [3.8, 4) is 0 Å². The highest BCUT2D eigenvalue weighted by atomic mass is 16.2. The Morgan fingerprint density at radius 3 is 2.85 bits per heavy atom. The first-order valence-electron chi connectivity index (χ1n) is 9.23. The molecule has 1 atom stereocenters. The molecule has 1 unspecified atom stereocenters. The van der Waals surface area contributed by atoms with Gasteiger partial charge in [-0.25, -0.2) is 0 Å². The first kappa shape index (κ1) is 17.4. The topological polar surface area (TPSA) is 81.7 Å². The number of rotatable bonds is 5. The van der Waals surface area contributed by atoms with Crippen molar-refractivity contribution in [3.63, 3.8) is 0 Å². The summed E-state index contributed by atoms with van der Waals surface area (Å²) in [6.07, 6.45) is 9.53. The molecule has 3 aromatic heterocycles. The molecule has 8 heteroatoms. The van der Waals surface area contributed by atoms with Crippen LogP contribution >= 0.6 is 0 Å². The van der Waals surface area contributed by atoms with Gasteiger partial charge in [0.1, 0.15) is 12.4 Å². The lowest BCUT2D eigenvalue weighted by molar-refractivity contribution is -0.131. The SMILES string of the molecule is Cn1c(Cn2cccn2)nnc1C1CCCN(C(=O)Cc2ccncc2)C1. The predicted octanol–water partition coefficient (Wildman–Crippen LogP) is 1.40. The lowest BCUT2D eigenvalue weighted by atomic mass is 9.96. The monoisotopic (exact) mass is 365 g/mol. The maximum atomic E-state index is 12.7. The van der Waals surface area contributed by atoms with Gasteiger partial charge in [-0.15, -0.1) is 10.2 Å². The molecule has 0 aliphatic carbocycles. The van der Waals surface area contributed by atoms with Gasteiger partial charge in [-0.3, -0.25) is 14.5 Å². The molecule has 0 saturated carbocycles. The van der Waals surface area contributed by atoms with Crippen LogP contribution in [0.25, 0.3) is 0 Å². The number of hydrogen-bond donors (Lipinski definition) is 0. The zero-order valence-corrected chi connectivity index (χ0v) is 15.4. The maximum Gasteiger partial charge on any atom is 0.227 e. The quantitative estimate of drug-likeness (QED) is 0.683. The second-order valence-corrected chi connectivity index (χ2v) is 6.95. The standard InChI is InChI=1S/C19H23N7O/c1-24-17(14-26-11-3-7-21-26)22-23-19(24)16-4-2-10-25(13-16)18(27)12-15-5-8-20-9-6-15/h3,5-9,11,16H,2,4,10,12-14H2,1H3. The number of likely N-dealkylation sites (tertiary alicyclic amines) is 1. The van der Waals surface area contributed by atoms with Crippen LogP contribution in [0.15, 0.2) is 43.0 Å². The molecule has 8 nitrogen and oxygen atoms in total. The summed E-state index contributed by atoms with van der Waals surface area (Å²) in [6, 6.07) is 5.68. The molecule has 3 aromatic rings. The van der Waals surface area contributed by atoms with Gasteiger partial charge in [0, 0.05) is 50.8 Å². The molecule has 0 spiro atoms. The minimum atomic E-state index is 0.157. The fraction of sp³-hybridized carbons (Fsp3) is 0.421. The van der Waals surface area contributed by atoms with E-state index >= 15 is 0 Å². The number of carbonyl (C=O) groups is 1. The highest BCUT2D eigenvalue weighted by molar-refractivity contribution is 5.78. The molecule has 140 valence electrons. The number of amides is 1. The van der Waals surface area contributed by atoms with Crippen LogP contribution < -0.4 is 0 Å². The van der Waals surface area contributed by atoms with Crippen molar-refractivity contribution in [2.45, 2.75) is 31.7 Å². The highest BCUT2D eigenvalue weighted by Gasteiger charge is 2.28. The maximum absolute atomic E-state index is 12.7.